The van der Waals surface area contributed by atoms with Gasteiger partial charge >= 0.3 is 0 Å². The molecule has 0 saturated heterocycles. The number of nitrogens with one attached hydrogen (secondary N) is 1. The molecule has 3 nitrogen and oxygen atoms in total. The van der Waals surface area contributed by atoms with Gasteiger partial charge in [0.1, 0.15) is 0 Å². The zero-order chi connectivity index (χ0) is 8.27. The van der Waals surface area contributed by atoms with E-state index >= 15 is 0 Å². The largest absolute Gasteiger partial charge is 0.326 e. The van der Waals surface area contributed by atoms with Crippen LogP contribution in [0, 0.1) is 0 Å². The molecular formula is C7H10ClN3. The van der Waals surface area contributed by atoms with E-state index in [0.717, 1.165) is 5.56 Å². The maximum Gasteiger partial charge on any atom is 0.0672 e. The van der Waals surface area contributed by atoms with Crippen molar-refractivity contribution in [1.29, 1.82) is 0 Å². The van der Waals surface area contributed by atoms with Crippen molar-refractivity contribution in [3.63, 3.8) is 0 Å². The predicted molar refractivity (Wildman–Crippen MR) is 47.2 cm³/mol. The van der Waals surface area contributed by atoms with Crippen LogP contribution in [0.25, 0.3) is 0 Å². The number of benzene rings is 1. The van der Waals surface area contributed by atoms with Gasteiger partial charge in [0, 0.05) is 6.54 Å². The van der Waals surface area contributed by atoms with E-state index in [2.05, 4.69) is 5.43 Å². The van der Waals surface area contributed by atoms with Gasteiger partial charge in [-0.15, -0.1) is 0 Å². The van der Waals surface area contributed by atoms with Gasteiger partial charge in [-0.2, -0.15) is 0 Å². The Balaban J connectivity index is 2.99. The van der Waals surface area contributed by atoms with Crippen molar-refractivity contribution in [2.45, 2.75) is 6.54 Å². The SMILES string of the molecule is NCc1ccc(NN)c(Cl)c1. The minimum Gasteiger partial charge on any atom is -0.326 e. The molecule has 1 aromatic rings. The molecule has 11 heavy (non-hydrogen) atoms. The second-order valence-corrected chi connectivity index (χ2v) is 2.57. The molecule has 0 amide bonds. The summed E-state index contributed by atoms with van der Waals surface area (Å²) < 4.78 is 0. The first-order valence-electron chi connectivity index (χ1n) is 3.23. The summed E-state index contributed by atoms with van der Waals surface area (Å²) in [5.74, 6) is 5.18. The Morgan fingerprint density at radius 1 is 1.45 bits per heavy atom. The molecule has 0 unspecified atom stereocenters. The molecule has 0 aliphatic heterocycles. The molecule has 0 heterocycles. The van der Waals surface area contributed by atoms with Gasteiger partial charge in [0.05, 0.1) is 10.7 Å². The fourth-order valence-electron chi connectivity index (χ4n) is 0.803. The van der Waals surface area contributed by atoms with Gasteiger partial charge in [0.2, 0.25) is 0 Å². The first kappa shape index (κ1) is 8.33. The first-order chi connectivity index (χ1) is 5.27. The number of nitrogen functional groups attached to an aromatic ring is 1. The summed E-state index contributed by atoms with van der Waals surface area (Å²) in [7, 11) is 0. The second kappa shape index (κ2) is 3.57. The molecule has 0 aliphatic carbocycles. The standard InChI is InChI=1S/C7H10ClN3/c8-6-3-5(4-9)1-2-7(6)11-10/h1-3,11H,4,9-10H2. The van der Waals surface area contributed by atoms with Gasteiger partial charge in [-0.3, -0.25) is 5.84 Å². The lowest BCUT2D eigenvalue weighted by Gasteiger charge is -2.03. The maximum atomic E-state index is 5.81. The van der Waals surface area contributed by atoms with Crippen LogP contribution in [0.5, 0.6) is 0 Å². The molecule has 0 saturated carbocycles. The van der Waals surface area contributed by atoms with Crippen molar-refractivity contribution in [3.05, 3.63) is 28.8 Å². The minimum absolute atomic E-state index is 0.491. The second-order valence-electron chi connectivity index (χ2n) is 2.16. The predicted octanol–water partition coefficient (Wildman–Crippen LogP) is 1.08. The van der Waals surface area contributed by atoms with Gasteiger partial charge in [-0.25, -0.2) is 0 Å². The number of nitrogens with two attached hydrogens (primary N) is 2. The molecule has 0 fully saturated rings. The summed E-state index contributed by atoms with van der Waals surface area (Å²) >= 11 is 5.81. The average Bonchev–Trinajstić information content (AvgIpc) is 2.04. The van der Waals surface area contributed by atoms with Crippen molar-refractivity contribution in [2.75, 3.05) is 5.43 Å². The number of halogens is 1. The smallest absolute Gasteiger partial charge is 0.0672 e. The van der Waals surface area contributed by atoms with Crippen LogP contribution < -0.4 is 17.0 Å². The third-order valence-corrected chi connectivity index (χ3v) is 1.74. The number of hydrazine groups is 1. The molecule has 60 valence electrons. The zero-order valence-electron chi connectivity index (χ0n) is 5.97. The highest BCUT2D eigenvalue weighted by molar-refractivity contribution is 6.33. The molecular weight excluding hydrogens is 162 g/mol. The molecule has 0 aliphatic rings. The average molecular weight is 172 g/mol. The monoisotopic (exact) mass is 171 g/mol. The van der Waals surface area contributed by atoms with Crippen LogP contribution in [0.15, 0.2) is 18.2 Å². The number of hydrogen-bond donors (Lipinski definition) is 3. The molecule has 5 N–H and O–H groups in total. The Labute approximate surface area is 70.3 Å². The Morgan fingerprint density at radius 3 is 2.64 bits per heavy atom. The van der Waals surface area contributed by atoms with E-state index in [1.165, 1.54) is 0 Å². The van der Waals surface area contributed by atoms with Crippen molar-refractivity contribution in [3.8, 4) is 0 Å². The molecule has 0 radical (unpaired) electrons. The Bertz CT molecular complexity index is 249. The van der Waals surface area contributed by atoms with E-state index in [9.17, 15) is 0 Å². The topological polar surface area (TPSA) is 64.1 Å². The Morgan fingerprint density at radius 2 is 2.18 bits per heavy atom. The number of anilines is 1. The summed E-state index contributed by atoms with van der Waals surface area (Å²) in [6.07, 6.45) is 0. The zero-order valence-corrected chi connectivity index (χ0v) is 6.73. The Kier molecular flexibility index (Phi) is 2.70. The third-order valence-electron chi connectivity index (χ3n) is 1.42. The van der Waals surface area contributed by atoms with E-state index < -0.39 is 0 Å². The lowest BCUT2D eigenvalue weighted by atomic mass is 10.2. The fourth-order valence-corrected chi connectivity index (χ4v) is 1.06. The maximum absolute atomic E-state index is 5.81. The third kappa shape index (κ3) is 1.83. The van der Waals surface area contributed by atoms with Gasteiger partial charge in [-0.1, -0.05) is 17.7 Å². The summed E-state index contributed by atoms with van der Waals surface area (Å²) in [5, 5.41) is 0.593. The molecule has 0 atom stereocenters. The molecule has 0 bridgehead atoms. The van der Waals surface area contributed by atoms with Crippen LogP contribution in [0.4, 0.5) is 5.69 Å². The first-order valence-corrected chi connectivity index (χ1v) is 3.61. The molecule has 4 heteroatoms. The van der Waals surface area contributed by atoms with E-state index in [4.69, 9.17) is 23.2 Å². The van der Waals surface area contributed by atoms with E-state index in [0.29, 0.717) is 17.3 Å². The highest BCUT2D eigenvalue weighted by Gasteiger charge is 1.97. The van der Waals surface area contributed by atoms with Gasteiger partial charge in [-0.05, 0) is 17.7 Å². The van der Waals surface area contributed by atoms with Crippen LogP contribution in [-0.2, 0) is 6.54 Å². The number of hydrogen-bond acceptors (Lipinski definition) is 3. The van der Waals surface area contributed by atoms with Crippen molar-refractivity contribution < 1.29 is 0 Å². The molecule has 1 aromatic carbocycles. The van der Waals surface area contributed by atoms with Crippen LogP contribution in [0.2, 0.25) is 5.02 Å². The van der Waals surface area contributed by atoms with E-state index in [1.807, 2.05) is 6.07 Å². The Hall–Kier alpha value is -0.770. The van der Waals surface area contributed by atoms with Gasteiger partial charge < -0.3 is 11.2 Å². The highest BCUT2D eigenvalue weighted by Crippen LogP contribution is 2.21. The normalized spacial score (nSPS) is 9.73. The minimum atomic E-state index is 0.491. The van der Waals surface area contributed by atoms with Gasteiger partial charge in [0.25, 0.3) is 0 Å². The summed E-state index contributed by atoms with van der Waals surface area (Å²) in [5.41, 5.74) is 9.58. The van der Waals surface area contributed by atoms with E-state index in [-0.39, 0.29) is 0 Å². The quantitative estimate of drug-likeness (QED) is 0.461. The summed E-state index contributed by atoms with van der Waals surface area (Å²) in [4.78, 5) is 0. The summed E-state index contributed by atoms with van der Waals surface area (Å²) in [6.45, 7) is 0.491. The van der Waals surface area contributed by atoms with Crippen LogP contribution in [-0.4, -0.2) is 0 Å². The van der Waals surface area contributed by atoms with Crippen LogP contribution >= 0.6 is 11.6 Å². The lowest BCUT2D eigenvalue weighted by molar-refractivity contribution is 1.07. The molecule has 1 rings (SSSR count). The lowest BCUT2D eigenvalue weighted by Crippen LogP contribution is -2.07. The number of rotatable bonds is 2. The van der Waals surface area contributed by atoms with Gasteiger partial charge in [0.15, 0.2) is 0 Å². The molecule has 0 spiro atoms. The van der Waals surface area contributed by atoms with Crippen molar-refractivity contribution in [1.82, 2.24) is 0 Å². The summed E-state index contributed by atoms with van der Waals surface area (Å²) in [6, 6.07) is 5.46. The van der Waals surface area contributed by atoms with Crippen molar-refractivity contribution in [2.24, 2.45) is 11.6 Å². The molecule has 0 aromatic heterocycles. The highest BCUT2D eigenvalue weighted by atomic mass is 35.5. The van der Waals surface area contributed by atoms with Crippen LogP contribution in [0.1, 0.15) is 5.56 Å². The fraction of sp³-hybridized carbons (Fsp3) is 0.143. The van der Waals surface area contributed by atoms with Crippen LogP contribution in [0.3, 0.4) is 0 Å². The van der Waals surface area contributed by atoms with Crippen molar-refractivity contribution >= 4 is 17.3 Å². The van der Waals surface area contributed by atoms with E-state index in [1.54, 1.807) is 12.1 Å².